The number of nitrogens with one attached hydrogen (secondary N) is 1. The SMILES string of the molecule is CCCC(N)CC(=O)NCC1CC2CCC(C1)N2C. The summed E-state index contributed by atoms with van der Waals surface area (Å²) in [4.78, 5) is 14.3. The Morgan fingerprint density at radius 2 is 2.00 bits per heavy atom. The van der Waals surface area contributed by atoms with E-state index in [1.807, 2.05) is 0 Å². The van der Waals surface area contributed by atoms with Crippen LogP contribution >= 0.6 is 0 Å². The van der Waals surface area contributed by atoms with Gasteiger partial charge in [0, 0.05) is 31.1 Å². The molecule has 110 valence electrons. The molecule has 2 aliphatic rings. The number of nitrogens with two attached hydrogens (primary N) is 1. The molecule has 2 rings (SSSR count). The quantitative estimate of drug-likeness (QED) is 0.766. The Labute approximate surface area is 117 Å². The Kier molecular flexibility index (Phi) is 5.22. The van der Waals surface area contributed by atoms with Crippen LogP contribution in [0, 0.1) is 5.92 Å². The second-order valence-electron chi connectivity index (χ2n) is 6.44. The first-order valence-electron chi connectivity index (χ1n) is 7.84. The number of carbonyl (C=O) groups is 1. The maximum Gasteiger partial charge on any atom is 0.221 e. The number of rotatable bonds is 6. The molecule has 4 nitrogen and oxygen atoms in total. The van der Waals surface area contributed by atoms with Gasteiger partial charge in [0.25, 0.3) is 0 Å². The molecule has 0 aliphatic carbocycles. The van der Waals surface area contributed by atoms with Gasteiger partial charge in [-0.3, -0.25) is 4.79 Å². The molecule has 4 heteroatoms. The molecule has 0 aromatic rings. The molecule has 0 saturated carbocycles. The average Bonchev–Trinajstić information content (AvgIpc) is 2.60. The molecular formula is C15H29N3O. The molecule has 0 spiro atoms. The number of hydrogen-bond donors (Lipinski definition) is 2. The molecule has 0 radical (unpaired) electrons. The van der Waals surface area contributed by atoms with Gasteiger partial charge in [-0.25, -0.2) is 0 Å². The largest absolute Gasteiger partial charge is 0.356 e. The van der Waals surface area contributed by atoms with Crippen LogP contribution in [0.1, 0.15) is 51.9 Å². The molecular weight excluding hydrogens is 238 g/mol. The van der Waals surface area contributed by atoms with E-state index in [4.69, 9.17) is 5.73 Å². The van der Waals surface area contributed by atoms with Crippen LogP contribution in [0.25, 0.3) is 0 Å². The van der Waals surface area contributed by atoms with E-state index in [1.54, 1.807) is 0 Å². The highest BCUT2D eigenvalue weighted by molar-refractivity contribution is 5.76. The average molecular weight is 267 g/mol. The standard InChI is InChI=1S/C15H29N3O/c1-3-4-12(16)9-15(19)17-10-11-7-13-5-6-14(8-11)18(13)2/h11-14H,3-10,16H2,1-2H3,(H,17,19). The van der Waals surface area contributed by atoms with E-state index in [0.717, 1.165) is 31.5 Å². The Hall–Kier alpha value is -0.610. The smallest absolute Gasteiger partial charge is 0.221 e. The predicted octanol–water partition coefficient (Wildman–Crippen LogP) is 1.49. The van der Waals surface area contributed by atoms with Gasteiger partial charge >= 0.3 is 0 Å². The van der Waals surface area contributed by atoms with Crippen LogP contribution in [0.2, 0.25) is 0 Å². The molecule has 0 aromatic heterocycles. The summed E-state index contributed by atoms with van der Waals surface area (Å²) in [5, 5.41) is 3.09. The van der Waals surface area contributed by atoms with E-state index in [1.165, 1.54) is 25.7 Å². The van der Waals surface area contributed by atoms with E-state index >= 15 is 0 Å². The Balaban J connectivity index is 1.67. The van der Waals surface area contributed by atoms with Crippen molar-refractivity contribution in [3.05, 3.63) is 0 Å². The maximum absolute atomic E-state index is 11.8. The van der Waals surface area contributed by atoms with Gasteiger partial charge in [0.05, 0.1) is 0 Å². The highest BCUT2D eigenvalue weighted by Crippen LogP contribution is 2.36. The normalized spacial score (nSPS) is 32.3. The molecule has 3 atom stereocenters. The molecule has 0 aromatic carbocycles. The molecule has 2 fully saturated rings. The van der Waals surface area contributed by atoms with E-state index in [0.29, 0.717) is 12.3 Å². The summed E-state index contributed by atoms with van der Waals surface area (Å²) in [7, 11) is 2.25. The van der Waals surface area contributed by atoms with E-state index in [9.17, 15) is 4.79 Å². The van der Waals surface area contributed by atoms with Gasteiger partial charge in [-0.15, -0.1) is 0 Å². The molecule has 1 amide bonds. The second kappa shape index (κ2) is 6.71. The predicted molar refractivity (Wildman–Crippen MR) is 77.8 cm³/mol. The topological polar surface area (TPSA) is 58.4 Å². The molecule has 3 unspecified atom stereocenters. The number of piperidine rings is 1. The fourth-order valence-corrected chi connectivity index (χ4v) is 3.73. The van der Waals surface area contributed by atoms with Gasteiger partial charge in [0.2, 0.25) is 5.91 Å². The van der Waals surface area contributed by atoms with Gasteiger partial charge in [-0.05, 0) is 45.1 Å². The zero-order valence-corrected chi connectivity index (χ0v) is 12.4. The number of fused-ring (bicyclic) bond motifs is 2. The van der Waals surface area contributed by atoms with Crippen molar-refractivity contribution in [2.75, 3.05) is 13.6 Å². The molecule has 2 saturated heterocycles. The first-order chi connectivity index (χ1) is 9.10. The summed E-state index contributed by atoms with van der Waals surface area (Å²) >= 11 is 0. The lowest BCUT2D eigenvalue weighted by molar-refractivity contribution is -0.121. The molecule has 19 heavy (non-hydrogen) atoms. The number of amides is 1. The van der Waals surface area contributed by atoms with E-state index < -0.39 is 0 Å². The van der Waals surface area contributed by atoms with Crippen molar-refractivity contribution in [2.24, 2.45) is 11.7 Å². The van der Waals surface area contributed by atoms with Crippen molar-refractivity contribution in [2.45, 2.75) is 70.0 Å². The minimum atomic E-state index is 0.0265. The van der Waals surface area contributed by atoms with Crippen LogP contribution in [-0.2, 0) is 4.79 Å². The summed E-state index contributed by atoms with van der Waals surface area (Å²) in [5.41, 5.74) is 5.90. The second-order valence-corrected chi connectivity index (χ2v) is 6.44. The van der Waals surface area contributed by atoms with Crippen LogP contribution in [0.4, 0.5) is 0 Å². The van der Waals surface area contributed by atoms with Crippen LogP contribution in [0.5, 0.6) is 0 Å². The first-order valence-corrected chi connectivity index (χ1v) is 7.84. The van der Waals surface area contributed by atoms with Crippen LogP contribution in [-0.4, -0.2) is 42.5 Å². The Bertz CT molecular complexity index is 294. The highest BCUT2D eigenvalue weighted by atomic mass is 16.1. The van der Waals surface area contributed by atoms with Gasteiger partial charge in [-0.2, -0.15) is 0 Å². The molecule has 2 bridgehead atoms. The monoisotopic (exact) mass is 267 g/mol. The minimum absolute atomic E-state index is 0.0265. The van der Waals surface area contributed by atoms with Crippen molar-refractivity contribution in [1.82, 2.24) is 10.2 Å². The van der Waals surface area contributed by atoms with Gasteiger partial charge < -0.3 is 16.0 Å². The van der Waals surface area contributed by atoms with E-state index in [-0.39, 0.29) is 11.9 Å². The lowest BCUT2D eigenvalue weighted by Gasteiger charge is -2.36. The van der Waals surface area contributed by atoms with Crippen LogP contribution < -0.4 is 11.1 Å². The summed E-state index contributed by atoms with van der Waals surface area (Å²) in [6, 6.07) is 1.53. The van der Waals surface area contributed by atoms with Gasteiger partial charge in [-0.1, -0.05) is 13.3 Å². The fourth-order valence-electron chi connectivity index (χ4n) is 3.73. The molecule has 3 N–H and O–H groups in total. The maximum atomic E-state index is 11.8. The van der Waals surface area contributed by atoms with Crippen molar-refractivity contribution in [3.8, 4) is 0 Å². The van der Waals surface area contributed by atoms with Crippen molar-refractivity contribution < 1.29 is 4.79 Å². The zero-order valence-electron chi connectivity index (χ0n) is 12.4. The number of carbonyl (C=O) groups excluding carboxylic acids is 1. The third kappa shape index (κ3) is 3.93. The van der Waals surface area contributed by atoms with Gasteiger partial charge in [0.15, 0.2) is 0 Å². The lowest BCUT2D eigenvalue weighted by Crippen LogP contribution is -2.43. The number of nitrogens with zero attached hydrogens (tertiary/aromatic N) is 1. The molecule has 2 aliphatic heterocycles. The summed E-state index contributed by atoms with van der Waals surface area (Å²) in [6.07, 6.45) is 7.63. The Morgan fingerprint density at radius 1 is 1.37 bits per heavy atom. The summed E-state index contributed by atoms with van der Waals surface area (Å²) in [5.74, 6) is 0.798. The summed E-state index contributed by atoms with van der Waals surface area (Å²) in [6.45, 7) is 2.95. The van der Waals surface area contributed by atoms with E-state index in [2.05, 4.69) is 24.2 Å². The lowest BCUT2D eigenvalue weighted by atomic mass is 9.91. The third-order valence-corrected chi connectivity index (χ3v) is 4.89. The zero-order chi connectivity index (χ0) is 13.8. The minimum Gasteiger partial charge on any atom is -0.356 e. The van der Waals surface area contributed by atoms with Crippen LogP contribution in [0.15, 0.2) is 0 Å². The van der Waals surface area contributed by atoms with Crippen molar-refractivity contribution >= 4 is 5.91 Å². The molecule has 2 heterocycles. The Morgan fingerprint density at radius 3 is 2.58 bits per heavy atom. The third-order valence-electron chi connectivity index (χ3n) is 4.89. The van der Waals surface area contributed by atoms with Crippen molar-refractivity contribution in [1.29, 1.82) is 0 Å². The van der Waals surface area contributed by atoms with Gasteiger partial charge in [0.1, 0.15) is 0 Å². The van der Waals surface area contributed by atoms with Crippen LogP contribution in [0.3, 0.4) is 0 Å². The fraction of sp³-hybridized carbons (Fsp3) is 0.933. The highest BCUT2D eigenvalue weighted by Gasteiger charge is 2.38. The number of hydrogen-bond acceptors (Lipinski definition) is 3. The first kappa shape index (κ1) is 14.8. The van der Waals surface area contributed by atoms with Crippen molar-refractivity contribution in [3.63, 3.8) is 0 Å². The summed E-state index contributed by atoms with van der Waals surface area (Å²) < 4.78 is 0.